The predicted molar refractivity (Wildman–Crippen MR) is 70.6 cm³/mol. The van der Waals surface area contributed by atoms with Gasteiger partial charge in [-0.25, -0.2) is 4.39 Å². The van der Waals surface area contributed by atoms with E-state index in [9.17, 15) is 4.39 Å². The van der Waals surface area contributed by atoms with Gasteiger partial charge in [-0.2, -0.15) is 5.26 Å². The fraction of sp³-hybridized carbons (Fsp3) is 0.500. The van der Waals surface area contributed by atoms with Crippen molar-refractivity contribution in [3.8, 4) is 6.07 Å². The van der Waals surface area contributed by atoms with Crippen molar-refractivity contribution in [2.45, 2.75) is 25.9 Å². The maximum absolute atomic E-state index is 13.2. The molecule has 0 saturated heterocycles. The maximum Gasteiger partial charge on any atom is 0.124 e. The summed E-state index contributed by atoms with van der Waals surface area (Å²) in [6.07, 6.45) is 0. The number of hydrogen-bond donors (Lipinski definition) is 1. The molecule has 0 aromatic heterocycles. The summed E-state index contributed by atoms with van der Waals surface area (Å²) in [4.78, 5) is 2.13. The van der Waals surface area contributed by atoms with Crippen molar-refractivity contribution in [2.75, 3.05) is 20.6 Å². The van der Waals surface area contributed by atoms with Crippen LogP contribution in [0.3, 0.4) is 0 Å². The molecular weight excluding hydrogens is 229 g/mol. The van der Waals surface area contributed by atoms with Crippen molar-refractivity contribution in [1.29, 1.82) is 5.26 Å². The molecule has 0 bridgehead atoms. The highest BCUT2D eigenvalue weighted by Gasteiger charge is 2.19. The van der Waals surface area contributed by atoms with E-state index in [4.69, 9.17) is 5.26 Å². The predicted octanol–water partition coefficient (Wildman–Crippen LogP) is 2.13. The van der Waals surface area contributed by atoms with E-state index in [1.165, 1.54) is 12.1 Å². The van der Waals surface area contributed by atoms with Gasteiger partial charge in [-0.3, -0.25) is 0 Å². The zero-order valence-corrected chi connectivity index (χ0v) is 11.4. The number of hydrogen-bond acceptors (Lipinski definition) is 3. The first-order valence-electron chi connectivity index (χ1n) is 5.93. The second kappa shape index (κ2) is 5.94. The summed E-state index contributed by atoms with van der Waals surface area (Å²) in [6, 6.07) is 6.36. The van der Waals surface area contributed by atoms with Crippen LogP contribution in [0.25, 0.3) is 0 Å². The van der Waals surface area contributed by atoms with Crippen molar-refractivity contribution < 1.29 is 4.39 Å². The number of halogens is 1. The molecule has 0 amide bonds. The Bertz CT molecular complexity index is 447. The first kappa shape index (κ1) is 14.6. The lowest BCUT2D eigenvalue weighted by Crippen LogP contribution is -2.46. The Kier molecular flexibility index (Phi) is 4.83. The largest absolute Gasteiger partial charge is 0.311 e. The summed E-state index contributed by atoms with van der Waals surface area (Å²) in [5.41, 5.74) is 1.19. The van der Waals surface area contributed by atoms with Crippen LogP contribution < -0.4 is 5.32 Å². The van der Waals surface area contributed by atoms with E-state index in [0.29, 0.717) is 12.1 Å². The van der Waals surface area contributed by atoms with Crippen molar-refractivity contribution >= 4 is 0 Å². The molecule has 1 aromatic rings. The van der Waals surface area contributed by atoms with Crippen molar-refractivity contribution in [1.82, 2.24) is 10.2 Å². The first-order chi connectivity index (χ1) is 8.35. The zero-order chi connectivity index (χ0) is 13.8. The van der Waals surface area contributed by atoms with E-state index in [0.717, 1.165) is 12.1 Å². The van der Waals surface area contributed by atoms with Crippen LogP contribution >= 0.6 is 0 Å². The molecule has 4 heteroatoms. The highest BCUT2D eigenvalue weighted by molar-refractivity contribution is 5.33. The van der Waals surface area contributed by atoms with E-state index in [1.54, 1.807) is 6.07 Å². The van der Waals surface area contributed by atoms with E-state index in [1.807, 2.05) is 20.2 Å². The quantitative estimate of drug-likeness (QED) is 0.869. The average molecular weight is 249 g/mol. The standard InChI is InChI=1S/C14H20FN3/c1-14(2,18(3)4)10-17-9-12-5-11(8-16)6-13(15)7-12/h5-7,17H,9-10H2,1-4H3. The molecule has 1 N–H and O–H groups in total. The zero-order valence-electron chi connectivity index (χ0n) is 11.4. The lowest BCUT2D eigenvalue weighted by atomic mass is 10.0. The molecule has 0 radical (unpaired) electrons. The molecule has 0 heterocycles. The van der Waals surface area contributed by atoms with Crippen LogP contribution in [-0.4, -0.2) is 31.1 Å². The third-order valence-electron chi connectivity index (χ3n) is 3.18. The van der Waals surface area contributed by atoms with Crippen molar-refractivity contribution in [3.63, 3.8) is 0 Å². The number of nitrogens with one attached hydrogen (secondary N) is 1. The molecule has 0 fully saturated rings. The Morgan fingerprint density at radius 2 is 2.00 bits per heavy atom. The van der Waals surface area contributed by atoms with Gasteiger partial charge < -0.3 is 10.2 Å². The van der Waals surface area contributed by atoms with Gasteiger partial charge in [0.05, 0.1) is 11.6 Å². The summed E-state index contributed by atoms with van der Waals surface area (Å²) in [6.45, 7) is 5.61. The molecule has 0 spiro atoms. The highest BCUT2D eigenvalue weighted by atomic mass is 19.1. The van der Waals surface area contributed by atoms with Gasteiger partial charge in [0.25, 0.3) is 0 Å². The number of nitrogens with zero attached hydrogens (tertiary/aromatic N) is 2. The third kappa shape index (κ3) is 4.10. The summed E-state index contributed by atoms with van der Waals surface area (Å²) in [5.74, 6) is -0.363. The SMILES string of the molecule is CN(C)C(C)(C)CNCc1cc(F)cc(C#N)c1. The maximum atomic E-state index is 13.2. The van der Waals surface area contributed by atoms with Gasteiger partial charge in [0.1, 0.15) is 5.82 Å². The molecule has 1 rings (SSSR count). The van der Waals surface area contributed by atoms with Gasteiger partial charge in [0.15, 0.2) is 0 Å². The fourth-order valence-electron chi connectivity index (χ4n) is 1.49. The van der Waals surface area contributed by atoms with Gasteiger partial charge >= 0.3 is 0 Å². The van der Waals surface area contributed by atoms with E-state index < -0.39 is 0 Å². The smallest absolute Gasteiger partial charge is 0.124 e. The van der Waals surface area contributed by atoms with E-state index >= 15 is 0 Å². The van der Waals surface area contributed by atoms with Crippen LogP contribution in [0.1, 0.15) is 25.0 Å². The number of rotatable bonds is 5. The summed E-state index contributed by atoms with van der Waals surface area (Å²) >= 11 is 0. The summed E-state index contributed by atoms with van der Waals surface area (Å²) in [7, 11) is 4.05. The monoisotopic (exact) mass is 249 g/mol. The Balaban J connectivity index is 2.60. The van der Waals surface area contributed by atoms with Crippen LogP contribution in [-0.2, 0) is 6.54 Å². The minimum atomic E-state index is -0.363. The van der Waals surface area contributed by atoms with Crippen LogP contribution in [0.15, 0.2) is 18.2 Å². The van der Waals surface area contributed by atoms with Crippen LogP contribution in [0.5, 0.6) is 0 Å². The van der Waals surface area contributed by atoms with Gasteiger partial charge in [-0.05, 0) is 51.7 Å². The van der Waals surface area contributed by atoms with Gasteiger partial charge in [0.2, 0.25) is 0 Å². The van der Waals surface area contributed by atoms with Crippen molar-refractivity contribution in [3.05, 3.63) is 35.1 Å². The average Bonchev–Trinajstić information content (AvgIpc) is 2.27. The number of benzene rings is 1. The molecule has 0 aliphatic rings. The van der Waals surface area contributed by atoms with Crippen LogP contribution in [0.4, 0.5) is 4.39 Å². The Morgan fingerprint density at radius 3 is 2.56 bits per heavy atom. The molecule has 18 heavy (non-hydrogen) atoms. The minimum absolute atomic E-state index is 0.0331. The second-order valence-electron chi connectivity index (χ2n) is 5.27. The normalized spacial score (nSPS) is 11.6. The Morgan fingerprint density at radius 1 is 1.33 bits per heavy atom. The van der Waals surface area contributed by atoms with E-state index in [-0.39, 0.29) is 11.4 Å². The molecule has 3 nitrogen and oxygen atoms in total. The molecule has 0 aliphatic carbocycles. The topological polar surface area (TPSA) is 39.1 Å². The minimum Gasteiger partial charge on any atom is -0.311 e. The summed E-state index contributed by atoms with van der Waals surface area (Å²) in [5, 5.41) is 12.1. The molecule has 1 aromatic carbocycles. The fourth-order valence-corrected chi connectivity index (χ4v) is 1.49. The molecule has 0 unspecified atom stereocenters. The number of likely N-dealkylation sites (N-methyl/N-ethyl adjacent to an activating group) is 1. The second-order valence-corrected chi connectivity index (χ2v) is 5.27. The van der Waals surface area contributed by atoms with Gasteiger partial charge in [0, 0.05) is 18.6 Å². The van der Waals surface area contributed by atoms with E-state index in [2.05, 4.69) is 24.1 Å². The Hall–Kier alpha value is -1.44. The van der Waals surface area contributed by atoms with Crippen molar-refractivity contribution in [2.24, 2.45) is 0 Å². The molecule has 98 valence electrons. The first-order valence-corrected chi connectivity index (χ1v) is 5.93. The lowest BCUT2D eigenvalue weighted by molar-refractivity contribution is 0.190. The number of nitriles is 1. The third-order valence-corrected chi connectivity index (χ3v) is 3.18. The highest BCUT2D eigenvalue weighted by Crippen LogP contribution is 2.10. The van der Waals surface area contributed by atoms with Gasteiger partial charge in [-0.15, -0.1) is 0 Å². The molecular formula is C14H20FN3. The molecule has 0 atom stereocenters. The van der Waals surface area contributed by atoms with Gasteiger partial charge in [-0.1, -0.05) is 0 Å². The molecule has 0 aliphatic heterocycles. The van der Waals surface area contributed by atoms with Crippen LogP contribution in [0.2, 0.25) is 0 Å². The summed E-state index contributed by atoms with van der Waals surface area (Å²) < 4.78 is 13.2. The molecule has 0 saturated carbocycles. The lowest BCUT2D eigenvalue weighted by Gasteiger charge is -2.32. The Labute approximate surface area is 108 Å². The van der Waals surface area contributed by atoms with Crippen LogP contribution in [0, 0.1) is 17.1 Å².